The number of carbonyl (C=O) groups is 1. The van der Waals surface area contributed by atoms with Gasteiger partial charge in [-0.1, -0.05) is 41.6 Å². The van der Waals surface area contributed by atoms with Gasteiger partial charge in [-0.05, 0) is 54.2 Å². The van der Waals surface area contributed by atoms with Crippen molar-refractivity contribution in [2.45, 2.75) is 32.8 Å². The Kier molecular flexibility index (Phi) is 4.39. The van der Waals surface area contributed by atoms with Crippen molar-refractivity contribution < 1.29 is 9.53 Å². The minimum atomic E-state index is -0.439. The number of benzene rings is 2. The minimum absolute atomic E-state index is 0.165. The fourth-order valence-corrected chi connectivity index (χ4v) is 3.76. The molecule has 0 radical (unpaired) electrons. The summed E-state index contributed by atoms with van der Waals surface area (Å²) in [7, 11) is 0. The Hall–Kier alpha value is -3.81. The number of fused-ring (bicyclic) bond motifs is 3. The summed E-state index contributed by atoms with van der Waals surface area (Å²) in [6, 6.07) is 12.4. The lowest BCUT2D eigenvalue weighted by Gasteiger charge is -2.10. The van der Waals surface area contributed by atoms with E-state index in [-0.39, 0.29) is 11.8 Å². The molecule has 30 heavy (non-hydrogen) atoms. The van der Waals surface area contributed by atoms with E-state index in [4.69, 9.17) is 4.74 Å². The molecule has 0 unspecified atom stereocenters. The highest BCUT2D eigenvalue weighted by atomic mass is 16.5. The van der Waals surface area contributed by atoms with E-state index in [0.29, 0.717) is 5.69 Å². The SMILES string of the molecule is CC[C@@H](C)OC(=O)c1[nH]nnc1-c1ccc2c(c1)Cc1cc(-c3c[nH]nn3)ccc1-2. The predicted octanol–water partition coefficient (Wildman–Crippen LogP) is 3.78. The van der Waals surface area contributed by atoms with Gasteiger partial charge in [0.1, 0.15) is 11.4 Å². The van der Waals surface area contributed by atoms with Crippen LogP contribution in [0.15, 0.2) is 42.6 Å². The minimum Gasteiger partial charge on any atom is -0.458 e. The van der Waals surface area contributed by atoms with E-state index < -0.39 is 5.97 Å². The van der Waals surface area contributed by atoms with E-state index in [0.717, 1.165) is 29.7 Å². The van der Waals surface area contributed by atoms with E-state index in [2.05, 4.69) is 61.2 Å². The number of nitrogens with zero attached hydrogens (tertiary/aromatic N) is 4. The van der Waals surface area contributed by atoms with Crippen LogP contribution in [0.3, 0.4) is 0 Å². The Morgan fingerprint density at radius 3 is 2.50 bits per heavy atom. The third kappa shape index (κ3) is 3.06. The number of aromatic nitrogens is 6. The van der Waals surface area contributed by atoms with E-state index in [1.807, 2.05) is 19.9 Å². The number of esters is 1. The van der Waals surface area contributed by atoms with E-state index in [9.17, 15) is 4.79 Å². The summed E-state index contributed by atoms with van der Waals surface area (Å²) < 4.78 is 5.43. The van der Waals surface area contributed by atoms with Gasteiger partial charge in [-0.25, -0.2) is 4.79 Å². The Balaban J connectivity index is 1.46. The fraction of sp³-hybridized carbons (Fsp3) is 0.227. The van der Waals surface area contributed by atoms with Gasteiger partial charge in [-0.2, -0.15) is 0 Å². The molecular formula is C22H20N6O2. The molecule has 150 valence electrons. The molecule has 2 N–H and O–H groups in total. The predicted molar refractivity (Wildman–Crippen MR) is 111 cm³/mol. The summed E-state index contributed by atoms with van der Waals surface area (Å²) in [6.07, 6.45) is 3.17. The third-order valence-electron chi connectivity index (χ3n) is 5.50. The Morgan fingerprint density at radius 2 is 1.80 bits per heavy atom. The molecule has 4 aromatic rings. The molecule has 1 aliphatic carbocycles. The summed E-state index contributed by atoms with van der Waals surface area (Å²) in [5, 5.41) is 21.3. The van der Waals surface area contributed by atoms with Gasteiger partial charge < -0.3 is 4.74 Å². The maximum Gasteiger partial charge on any atom is 0.358 e. The van der Waals surface area contributed by atoms with Crippen LogP contribution < -0.4 is 0 Å². The van der Waals surface area contributed by atoms with Crippen LogP contribution in [-0.4, -0.2) is 42.9 Å². The zero-order chi connectivity index (χ0) is 20.7. The van der Waals surface area contributed by atoms with Gasteiger partial charge in [0.25, 0.3) is 0 Å². The van der Waals surface area contributed by atoms with E-state index in [1.54, 1.807) is 6.20 Å². The van der Waals surface area contributed by atoms with Crippen molar-refractivity contribution in [2.75, 3.05) is 0 Å². The molecule has 1 atom stereocenters. The van der Waals surface area contributed by atoms with Crippen molar-refractivity contribution in [3.05, 3.63) is 59.4 Å². The lowest BCUT2D eigenvalue weighted by Crippen LogP contribution is -2.15. The monoisotopic (exact) mass is 400 g/mol. The molecule has 0 saturated heterocycles. The van der Waals surface area contributed by atoms with Crippen LogP contribution >= 0.6 is 0 Å². The van der Waals surface area contributed by atoms with E-state index >= 15 is 0 Å². The first-order valence-corrected chi connectivity index (χ1v) is 9.89. The second-order valence-electron chi connectivity index (χ2n) is 7.44. The molecule has 0 saturated carbocycles. The Morgan fingerprint density at radius 1 is 1.07 bits per heavy atom. The number of ether oxygens (including phenoxy) is 1. The largest absolute Gasteiger partial charge is 0.458 e. The zero-order valence-corrected chi connectivity index (χ0v) is 16.6. The lowest BCUT2D eigenvalue weighted by atomic mass is 10.0. The smallest absolute Gasteiger partial charge is 0.358 e. The van der Waals surface area contributed by atoms with Crippen LogP contribution in [0, 0.1) is 0 Å². The lowest BCUT2D eigenvalue weighted by molar-refractivity contribution is 0.0328. The second-order valence-corrected chi connectivity index (χ2v) is 7.44. The highest BCUT2D eigenvalue weighted by Crippen LogP contribution is 2.40. The van der Waals surface area contributed by atoms with Crippen LogP contribution in [0.1, 0.15) is 41.9 Å². The molecule has 1 aliphatic rings. The van der Waals surface area contributed by atoms with Gasteiger partial charge in [-0.15, -0.1) is 10.2 Å². The molecule has 2 aromatic heterocycles. The van der Waals surface area contributed by atoms with Gasteiger partial charge in [-0.3, -0.25) is 10.2 Å². The summed E-state index contributed by atoms with van der Waals surface area (Å²) in [6.45, 7) is 3.83. The second kappa shape index (κ2) is 7.22. The third-order valence-corrected chi connectivity index (χ3v) is 5.50. The van der Waals surface area contributed by atoms with Crippen LogP contribution in [0.5, 0.6) is 0 Å². The Bertz CT molecular complexity index is 1230. The summed E-state index contributed by atoms with van der Waals surface area (Å²) in [5.74, 6) is -0.439. The van der Waals surface area contributed by atoms with Crippen molar-refractivity contribution >= 4 is 5.97 Å². The number of H-pyrrole nitrogens is 2. The summed E-state index contributed by atoms with van der Waals surface area (Å²) in [5.41, 5.74) is 8.28. The van der Waals surface area contributed by atoms with Crippen molar-refractivity contribution in [3.8, 4) is 33.6 Å². The first-order chi connectivity index (χ1) is 14.6. The molecule has 0 bridgehead atoms. The number of hydrogen-bond acceptors (Lipinski definition) is 6. The standard InChI is InChI=1S/C22H20N6O2/c1-3-12(2)30-22(29)21-20(25-28-26-21)14-5-7-18-16(9-14)10-15-8-13(4-6-17(15)18)19-11-23-27-24-19/h4-9,11-12H,3,10H2,1-2H3,(H,23,24,27)(H,25,26,28)/t12-/m1/s1. The van der Waals surface area contributed by atoms with Gasteiger partial charge in [0, 0.05) is 17.3 Å². The Labute approximate surface area is 172 Å². The molecule has 0 aliphatic heterocycles. The average Bonchev–Trinajstić information content (AvgIpc) is 3.51. The maximum absolute atomic E-state index is 12.5. The highest BCUT2D eigenvalue weighted by molar-refractivity contribution is 5.94. The molecule has 8 heteroatoms. The van der Waals surface area contributed by atoms with Crippen LogP contribution in [0.25, 0.3) is 33.6 Å². The van der Waals surface area contributed by atoms with Crippen LogP contribution in [0.2, 0.25) is 0 Å². The normalized spacial score (nSPS) is 13.0. The molecule has 2 aromatic carbocycles. The quantitative estimate of drug-likeness (QED) is 0.435. The first kappa shape index (κ1) is 18.2. The molecule has 5 rings (SSSR count). The number of carbonyl (C=O) groups excluding carboxylic acids is 1. The molecule has 0 fully saturated rings. The van der Waals surface area contributed by atoms with Gasteiger partial charge >= 0.3 is 5.97 Å². The zero-order valence-electron chi connectivity index (χ0n) is 16.6. The number of aromatic amines is 2. The van der Waals surface area contributed by atoms with Gasteiger partial charge in [0.15, 0.2) is 5.69 Å². The van der Waals surface area contributed by atoms with Crippen LogP contribution in [-0.2, 0) is 11.2 Å². The molecule has 0 spiro atoms. The van der Waals surface area contributed by atoms with Crippen molar-refractivity contribution in [2.24, 2.45) is 0 Å². The molecule has 2 heterocycles. The summed E-state index contributed by atoms with van der Waals surface area (Å²) in [4.78, 5) is 12.5. The molecule has 8 nitrogen and oxygen atoms in total. The fourth-order valence-electron chi connectivity index (χ4n) is 3.76. The maximum atomic E-state index is 12.5. The van der Waals surface area contributed by atoms with Gasteiger partial charge in [0.2, 0.25) is 0 Å². The summed E-state index contributed by atoms with van der Waals surface area (Å²) >= 11 is 0. The van der Waals surface area contributed by atoms with Crippen molar-refractivity contribution in [3.63, 3.8) is 0 Å². The van der Waals surface area contributed by atoms with Crippen LogP contribution in [0.4, 0.5) is 0 Å². The number of nitrogens with one attached hydrogen (secondary N) is 2. The topological polar surface area (TPSA) is 109 Å². The molecule has 0 amide bonds. The van der Waals surface area contributed by atoms with Gasteiger partial charge in [0.05, 0.1) is 6.10 Å². The van der Waals surface area contributed by atoms with E-state index in [1.165, 1.54) is 22.3 Å². The first-order valence-electron chi connectivity index (χ1n) is 9.89. The average molecular weight is 400 g/mol. The highest BCUT2D eigenvalue weighted by Gasteiger charge is 2.24. The molecular weight excluding hydrogens is 380 g/mol. The van der Waals surface area contributed by atoms with Crippen molar-refractivity contribution in [1.82, 2.24) is 30.8 Å². The van der Waals surface area contributed by atoms with Crippen molar-refractivity contribution in [1.29, 1.82) is 0 Å². The number of rotatable bonds is 5. The number of hydrogen-bond donors (Lipinski definition) is 2.